The van der Waals surface area contributed by atoms with Crippen LogP contribution < -0.4 is 19.9 Å². The molecular formula is C27H31F2N7O2. The van der Waals surface area contributed by atoms with Crippen molar-refractivity contribution in [2.45, 2.75) is 25.2 Å². The van der Waals surface area contributed by atoms with Crippen LogP contribution in [0.15, 0.2) is 48.9 Å². The zero-order valence-electron chi connectivity index (χ0n) is 21.5. The minimum atomic E-state index is -2.59. The Morgan fingerprint density at radius 3 is 2.66 bits per heavy atom. The van der Waals surface area contributed by atoms with Crippen molar-refractivity contribution in [2.75, 3.05) is 62.0 Å². The van der Waals surface area contributed by atoms with Crippen molar-refractivity contribution in [3.05, 3.63) is 48.9 Å². The molecule has 11 heteroatoms. The molecular weight excluding hydrogens is 492 g/mol. The zero-order valence-corrected chi connectivity index (χ0v) is 21.5. The Labute approximate surface area is 220 Å². The Morgan fingerprint density at radius 2 is 1.97 bits per heavy atom. The summed E-state index contributed by atoms with van der Waals surface area (Å²) in [4.78, 5) is 30.9. The first kappa shape index (κ1) is 25.8. The lowest BCUT2D eigenvalue weighted by atomic mass is 10.1. The number of aromatic nitrogens is 3. The van der Waals surface area contributed by atoms with Crippen LogP contribution in [-0.4, -0.2) is 78.6 Å². The summed E-state index contributed by atoms with van der Waals surface area (Å²) in [6.07, 6.45) is 6.48. The van der Waals surface area contributed by atoms with Crippen molar-refractivity contribution in [1.29, 1.82) is 0 Å². The number of carbonyl (C=O) groups excluding carboxylic acids is 1. The van der Waals surface area contributed by atoms with E-state index in [2.05, 4.69) is 20.3 Å². The van der Waals surface area contributed by atoms with Crippen LogP contribution in [-0.2, 0) is 4.79 Å². The van der Waals surface area contributed by atoms with Gasteiger partial charge in [-0.05, 0) is 30.2 Å². The van der Waals surface area contributed by atoms with E-state index in [9.17, 15) is 13.6 Å². The molecule has 1 N–H and O–H groups in total. The first-order chi connectivity index (χ1) is 18.3. The van der Waals surface area contributed by atoms with Crippen molar-refractivity contribution >= 4 is 28.9 Å². The number of hydrogen-bond donors (Lipinski definition) is 1. The highest BCUT2D eigenvalue weighted by molar-refractivity contribution is 5.95. The Hall–Kier alpha value is -3.86. The molecule has 2 fully saturated rings. The molecule has 0 saturated carbocycles. The van der Waals surface area contributed by atoms with Gasteiger partial charge in [0.05, 0.1) is 43.0 Å². The smallest absolute Gasteiger partial charge is 0.261 e. The molecule has 0 aliphatic carbocycles. The van der Waals surface area contributed by atoms with E-state index in [0.29, 0.717) is 43.6 Å². The summed E-state index contributed by atoms with van der Waals surface area (Å²) >= 11 is 0. The highest BCUT2D eigenvalue weighted by Gasteiger charge is 2.37. The summed E-state index contributed by atoms with van der Waals surface area (Å²) in [6, 6.07) is 9.62. The SMILES string of the molecule is COc1nc(Nc2cncc(N(C)CCN3CCC(F)(F)C3)c2)ncc1-c1ccc(N2CCCC2=O)cc1. The second-order valence-electron chi connectivity index (χ2n) is 9.67. The number of nitrogens with zero attached hydrogens (tertiary/aromatic N) is 6. The van der Waals surface area contributed by atoms with Crippen LogP contribution in [0.5, 0.6) is 5.88 Å². The Balaban J connectivity index is 1.25. The molecule has 0 radical (unpaired) electrons. The summed E-state index contributed by atoms with van der Waals surface area (Å²) < 4.78 is 32.5. The first-order valence-corrected chi connectivity index (χ1v) is 12.7. The number of alkyl halides is 2. The van der Waals surface area contributed by atoms with Gasteiger partial charge in [-0.1, -0.05) is 12.1 Å². The highest BCUT2D eigenvalue weighted by Crippen LogP contribution is 2.32. The van der Waals surface area contributed by atoms with Gasteiger partial charge in [0.1, 0.15) is 0 Å². The molecule has 0 unspecified atom stereocenters. The number of ether oxygens (including phenoxy) is 1. The van der Waals surface area contributed by atoms with Crippen LogP contribution in [0.25, 0.3) is 11.1 Å². The number of benzene rings is 1. The molecule has 3 aromatic rings. The van der Waals surface area contributed by atoms with Crippen molar-refractivity contribution in [2.24, 2.45) is 0 Å². The molecule has 0 bridgehead atoms. The molecule has 1 aromatic carbocycles. The van der Waals surface area contributed by atoms with Crippen LogP contribution in [0, 0.1) is 0 Å². The van der Waals surface area contributed by atoms with E-state index in [0.717, 1.165) is 35.5 Å². The van der Waals surface area contributed by atoms with Gasteiger partial charge in [-0.25, -0.2) is 13.8 Å². The second kappa shape index (κ2) is 10.9. The van der Waals surface area contributed by atoms with E-state index in [1.165, 1.54) is 0 Å². The van der Waals surface area contributed by atoms with Crippen LogP contribution in [0.4, 0.5) is 31.8 Å². The molecule has 9 nitrogen and oxygen atoms in total. The Bertz CT molecular complexity index is 1290. The third-order valence-electron chi connectivity index (χ3n) is 6.93. The molecule has 0 atom stereocenters. The summed E-state index contributed by atoms with van der Waals surface area (Å²) in [5, 5.41) is 3.17. The zero-order chi connectivity index (χ0) is 26.7. The number of amides is 1. The molecule has 2 aromatic heterocycles. The Kier molecular flexibility index (Phi) is 7.37. The van der Waals surface area contributed by atoms with Gasteiger partial charge in [-0.3, -0.25) is 14.7 Å². The number of likely N-dealkylation sites (tertiary alicyclic amines) is 1. The van der Waals surface area contributed by atoms with Gasteiger partial charge in [0, 0.05) is 58.0 Å². The number of likely N-dealkylation sites (N-methyl/N-ethyl adjacent to an activating group) is 1. The summed E-state index contributed by atoms with van der Waals surface area (Å²) in [6.45, 7) is 2.14. The van der Waals surface area contributed by atoms with Gasteiger partial charge in [0.15, 0.2) is 0 Å². The summed E-state index contributed by atoms with van der Waals surface area (Å²) in [5.74, 6) is -1.67. The van der Waals surface area contributed by atoms with Crippen LogP contribution in [0.2, 0.25) is 0 Å². The van der Waals surface area contributed by atoms with E-state index >= 15 is 0 Å². The first-order valence-electron chi connectivity index (χ1n) is 12.7. The van der Waals surface area contributed by atoms with Crippen molar-refractivity contribution in [3.63, 3.8) is 0 Å². The van der Waals surface area contributed by atoms with Gasteiger partial charge in [-0.15, -0.1) is 0 Å². The molecule has 0 spiro atoms. The van der Waals surface area contributed by atoms with E-state index in [4.69, 9.17) is 4.74 Å². The number of hydrogen-bond acceptors (Lipinski definition) is 8. The molecule has 2 aliphatic heterocycles. The highest BCUT2D eigenvalue weighted by atomic mass is 19.3. The number of pyridine rings is 1. The lowest BCUT2D eigenvalue weighted by Gasteiger charge is -2.23. The van der Waals surface area contributed by atoms with Crippen LogP contribution in [0.1, 0.15) is 19.3 Å². The quantitative estimate of drug-likeness (QED) is 0.447. The van der Waals surface area contributed by atoms with E-state index in [1.807, 2.05) is 42.3 Å². The lowest BCUT2D eigenvalue weighted by molar-refractivity contribution is -0.117. The van der Waals surface area contributed by atoms with Crippen molar-refractivity contribution in [1.82, 2.24) is 19.9 Å². The van der Waals surface area contributed by atoms with E-state index < -0.39 is 5.92 Å². The lowest BCUT2D eigenvalue weighted by Crippen LogP contribution is -2.33. The minimum absolute atomic E-state index is 0.0785. The largest absolute Gasteiger partial charge is 0.480 e. The molecule has 2 saturated heterocycles. The third kappa shape index (κ3) is 5.83. The Morgan fingerprint density at radius 1 is 1.16 bits per heavy atom. The number of halogens is 2. The second-order valence-corrected chi connectivity index (χ2v) is 9.67. The fourth-order valence-electron chi connectivity index (χ4n) is 4.77. The number of methoxy groups -OCH3 is 1. The van der Waals surface area contributed by atoms with Gasteiger partial charge in [0.2, 0.25) is 17.7 Å². The van der Waals surface area contributed by atoms with Gasteiger partial charge in [-0.2, -0.15) is 4.98 Å². The summed E-state index contributed by atoms with van der Waals surface area (Å²) in [5.41, 5.74) is 4.03. The molecule has 200 valence electrons. The molecule has 38 heavy (non-hydrogen) atoms. The maximum absolute atomic E-state index is 13.5. The van der Waals surface area contributed by atoms with Gasteiger partial charge < -0.3 is 19.9 Å². The van der Waals surface area contributed by atoms with Gasteiger partial charge in [0.25, 0.3) is 5.92 Å². The van der Waals surface area contributed by atoms with Crippen molar-refractivity contribution < 1.29 is 18.3 Å². The van der Waals surface area contributed by atoms with E-state index in [-0.39, 0.29) is 18.9 Å². The predicted molar refractivity (Wildman–Crippen MR) is 142 cm³/mol. The van der Waals surface area contributed by atoms with Crippen molar-refractivity contribution in [3.8, 4) is 17.0 Å². The molecule has 4 heterocycles. The summed E-state index contributed by atoms with van der Waals surface area (Å²) in [7, 11) is 3.47. The molecule has 1 amide bonds. The maximum Gasteiger partial charge on any atom is 0.261 e. The third-order valence-corrected chi connectivity index (χ3v) is 6.93. The van der Waals surface area contributed by atoms with Crippen LogP contribution in [0.3, 0.4) is 0 Å². The minimum Gasteiger partial charge on any atom is -0.480 e. The number of nitrogens with one attached hydrogen (secondary N) is 1. The van der Waals surface area contributed by atoms with Gasteiger partial charge >= 0.3 is 0 Å². The average Bonchev–Trinajstić information content (AvgIpc) is 3.51. The number of rotatable bonds is 9. The number of anilines is 4. The van der Waals surface area contributed by atoms with E-state index in [1.54, 1.807) is 35.5 Å². The maximum atomic E-state index is 13.5. The number of carbonyl (C=O) groups is 1. The van der Waals surface area contributed by atoms with Crippen LogP contribution >= 0.6 is 0 Å². The fourth-order valence-corrected chi connectivity index (χ4v) is 4.77. The standard InChI is InChI=1S/C27H31F2N7O2/c1-34(12-13-35-11-9-27(28,29)18-35)22-14-20(15-30-16-22)32-26-31-17-23(25(33-26)38-2)19-5-7-21(8-6-19)36-10-3-4-24(36)37/h5-8,14-17H,3-4,9-13,18H2,1-2H3,(H,31,32,33). The average molecular weight is 524 g/mol. The molecule has 5 rings (SSSR count). The fraction of sp³-hybridized carbons (Fsp3) is 0.407. The predicted octanol–water partition coefficient (Wildman–Crippen LogP) is 4.19. The monoisotopic (exact) mass is 523 g/mol. The normalized spacial score (nSPS) is 17.2. The molecule has 2 aliphatic rings. The topological polar surface area (TPSA) is 86.7 Å².